The van der Waals surface area contributed by atoms with Crippen LogP contribution in [0.1, 0.15) is 40.5 Å². The molecule has 0 aromatic heterocycles. The summed E-state index contributed by atoms with van der Waals surface area (Å²) in [5.41, 5.74) is -0.481. The first kappa shape index (κ1) is 15.8. The Morgan fingerprint density at radius 2 is 1.79 bits per heavy atom. The summed E-state index contributed by atoms with van der Waals surface area (Å²) in [6, 6.07) is 0.0173. The average Bonchev–Trinajstić information content (AvgIpc) is 2.22. The van der Waals surface area contributed by atoms with Crippen molar-refractivity contribution in [3.05, 3.63) is 0 Å². The highest BCUT2D eigenvalue weighted by atomic mass is 16.6. The summed E-state index contributed by atoms with van der Waals surface area (Å²) in [4.78, 5) is 22.7. The van der Waals surface area contributed by atoms with E-state index in [1.165, 1.54) is 7.11 Å². The second kappa shape index (κ2) is 6.23. The molecule has 110 valence electrons. The van der Waals surface area contributed by atoms with E-state index in [0.717, 1.165) is 12.8 Å². The average molecular weight is 272 g/mol. The van der Waals surface area contributed by atoms with E-state index in [1.807, 2.05) is 20.8 Å². The molecule has 1 atom stereocenters. The van der Waals surface area contributed by atoms with E-state index in [2.05, 4.69) is 15.4 Å². The van der Waals surface area contributed by atoms with Crippen molar-refractivity contribution in [2.45, 2.75) is 64.3 Å². The maximum Gasteiger partial charge on any atom is 0.407 e. The van der Waals surface area contributed by atoms with E-state index in [1.54, 1.807) is 6.92 Å². The van der Waals surface area contributed by atoms with Gasteiger partial charge in [-0.15, -0.1) is 0 Å². The summed E-state index contributed by atoms with van der Waals surface area (Å²) in [6.07, 6.45) is 1.19. The molecule has 0 aromatic rings. The number of rotatable bonds is 4. The van der Waals surface area contributed by atoms with Crippen LogP contribution in [0.2, 0.25) is 0 Å². The highest BCUT2D eigenvalue weighted by Gasteiger charge is 2.33. The van der Waals surface area contributed by atoms with Crippen molar-refractivity contribution in [3.8, 4) is 0 Å². The van der Waals surface area contributed by atoms with Crippen molar-refractivity contribution >= 4 is 12.1 Å². The quantitative estimate of drug-likeness (QED) is 0.752. The van der Waals surface area contributed by atoms with Crippen LogP contribution in [0.25, 0.3) is 0 Å². The maximum absolute atomic E-state index is 11.5. The van der Waals surface area contributed by atoms with Crippen molar-refractivity contribution in [3.63, 3.8) is 0 Å². The first-order valence-corrected chi connectivity index (χ1v) is 6.54. The molecule has 1 rings (SSSR count). The third-order valence-corrected chi connectivity index (χ3v) is 2.90. The van der Waals surface area contributed by atoms with Gasteiger partial charge in [0.2, 0.25) is 0 Å². The standard InChI is InChI=1S/C13H24N2O4/c1-8(11(16)18-5)14-9-6-10(7-9)15-12(17)19-13(2,3)4/h8-10,14H,6-7H2,1-5H3,(H,15,17)/t8-,9?,10?/m0/s1. The predicted octanol–water partition coefficient (Wildman–Crippen LogP) is 1.19. The zero-order chi connectivity index (χ0) is 14.6. The van der Waals surface area contributed by atoms with Crippen LogP contribution in [0.3, 0.4) is 0 Å². The molecule has 0 aromatic carbocycles. The van der Waals surface area contributed by atoms with E-state index in [0.29, 0.717) is 0 Å². The number of carbonyl (C=O) groups is 2. The second-order valence-electron chi connectivity index (χ2n) is 5.92. The number of esters is 1. The van der Waals surface area contributed by atoms with E-state index < -0.39 is 11.7 Å². The Hall–Kier alpha value is -1.30. The molecule has 1 aliphatic rings. The van der Waals surface area contributed by atoms with Gasteiger partial charge in [0.1, 0.15) is 11.6 Å². The van der Waals surface area contributed by atoms with Crippen LogP contribution >= 0.6 is 0 Å². The molecule has 6 nitrogen and oxygen atoms in total. The highest BCUT2D eigenvalue weighted by molar-refractivity contribution is 5.75. The molecule has 1 saturated carbocycles. The lowest BCUT2D eigenvalue weighted by Crippen LogP contribution is -2.56. The zero-order valence-electron chi connectivity index (χ0n) is 12.3. The van der Waals surface area contributed by atoms with Gasteiger partial charge in [-0.3, -0.25) is 4.79 Å². The van der Waals surface area contributed by atoms with Gasteiger partial charge < -0.3 is 20.1 Å². The van der Waals surface area contributed by atoms with E-state index >= 15 is 0 Å². The normalized spacial score (nSPS) is 24.1. The Balaban J connectivity index is 2.20. The van der Waals surface area contributed by atoms with E-state index in [9.17, 15) is 9.59 Å². The SMILES string of the molecule is COC(=O)[C@H](C)NC1CC(NC(=O)OC(C)(C)C)C1. The smallest absolute Gasteiger partial charge is 0.407 e. The summed E-state index contributed by atoms with van der Waals surface area (Å²) in [7, 11) is 1.37. The molecule has 1 amide bonds. The van der Waals surface area contributed by atoms with Crippen LogP contribution < -0.4 is 10.6 Å². The van der Waals surface area contributed by atoms with Crippen molar-refractivity contribution in [2.75, 3.05) is 7.11 Å². The van der Waals surface area contributed by atoms with Gasteiger partial charge in [-0.25, -0.2) is 4.79 Å². The molecular weight excluding hydrogens is 248 g/mol. The third kappa shape index (κ3) is 5.46. The van der Waals surface area contributed by atoms with E-state index in [4.69, 9.17) is 4.74 Å². The fraction of sp³-hybridized carbons (Fsp3) is 0.846. The monoisotopic (exact) mass is 272 g/mol. The lowest BCUT2D eigenvalue weighted by molar-refractivity contribution is -0.143. The van der Waals surface area contributed by atoms with Crippen LogP contribution in [-0.2, 0) is 14.3 Å². The van der Waals surface area contributed by atoms with Crippen molar-refractivity contribution in [2.24, 2.45) is 0 Å². The lowest BCUT2D eigenvalue weighted by atomic mass is 9.86. The highest BCUT2D eigenvalue weighted by Crippen LogP contribution is 2.21. The number of amides is 1. The molecular formula is C13H24N2O4. The fourth-order valence-electron chi connectivity index (χ4n) is 1.94. The van der Waals surface area contributed by atoms with Crippen LogP contribution in [0.4, 0.5) is 4.79 Å². The van der Waals surface area contributed by atoms with Gasteiger partial charge in [0, 0.05) is 12.1 Å². The van der Waals surface area contributed by atoms with Crippen molar-refractivity contribution < 1.29 is 19.1 Å². The maximum atomic E-state index is 11.5. The molecule has 19 heavy (non-hydrogen) atoms. The zero-order valence-corrected chi connectivity index (χ0v) is 12.3. The Labute approximate surface area is 114 Å². The third-order valence-electron chi connectivity index (χ3n) is 2.90. The number of hydrogen-bond donors (Lipinski definition) is 2. The van der Waals surface area contributed by atoms with Gasteiger partial charge in [0.15, 0.2) is 0 Å². The number of carbonyl (C=O) groups excluding carboxylic acids is 2. The van der Waals surface area contributed by atoms with Crippen molar-refractivity contribution in [1.82, 2.24) is 10.6 Å². The van der Waals surface area contributed by atoms with E-state index in [-0.39, 0.29) is 24.1 Å². The molecule has 1 aliphatic carbocycles. The molecule has 0 saturated heterocycles. The molecule has 0 spiro atoms. The number of nitrogens with one attached hydrogen (secondary N) is 2. The van der Waals surface area contributed by atoms with Gasteiger partial charge in [-0.2, -0.15) is 0 Å². The summed E-state index contributed by atoms with van der Waals surface area (Å²) < 4.78 is 9.81. The Bertz CT molecular complexity index is 332. The van der Waals surface area contributed by atoms with Crippen molar-refractivity contribution in [1.29, 1.82) is 0 Å². The number of methoxy groups -OCH3 is 1. The lowest BCUT2D eigenvalue weighted by Gasteiger charge is -2.37. The minimum atomic E-state index is -0.481. The number of hydrogen-bond acceptors (Lipinski definition) is 5. The second-order valence-corrected chi connectivity index (χ2v) is 5.92. The fourth-order valence-corrected chi connectivity index (χ4v) is 1.94. The molecule has 0 radical (unpaired) electrons. The molecule has 0 bridgehead atoms. The molecule has 1 fully saturated rings. The molecule has 0 heterocycles. The van der Waals surface area contributed by atoms with Crippen LogP contribution in [0, 0.1) is 0 Å². The minimum absolute atomic E-state index is 0.109. The van der Waals surface area contributed by atoms with Gasteiger partial charge in [-0.05, 0) is 40.5 Å². The largest absolute Gasteiger partial charge is 0.468 e. The summed E-state index contributed by atoms with van der Waals surface area (Å²) >= 11 is 0. The number of alkyl carbamates (subject to hydrolysis) is 1. The van der Waals surface area contributed by atoms with Gasteiger partial charge in [0.05, 0.1) is 7.11 Å². The minimum Gasteiger partial charge on any atom is -0.468 e. The molecule has 2 N–H and O–H groups in total. The van der Waals surface area contributed by atoms with Gasteiger partial charge >= 0.3 is 12.1 Å². The molecule has 6 heteroatoms. The van der Waals surface area contributed by atoms with Crippen LogP contribution in [0.5, 0.6) is 0 Å². The first-order valence-electron chi connectivity index (χ1n) is 6.54. The Morgan fingerprint density at radius 3 is 2.26 bits per heavy atom. The van der Waals surface area contributed by atoms with Gasteiger partial charge in [-0.1, -0.05) is 0 Å². The predicted molar refractivity (Wildman–Crippen MR) is 70.8 cm³/mol. The van der Waals surface area contributed by atoms with Crippen LogP contribution in [0.15, 0.2) is 0 Å². The summed E-state index contributed by atoms with van der Waals surface area (Å²) in [5, 5.41) is 5.95. The summed E-state index contributed by atoms with van der Waals surface area (Å²) in [6.45, 7) is 7.25. The van der Waals surface area contributed by atoms with Gasteiger partial charge in [0.25, 0.3) is 0 Å². The Morgan fingerprint density at radius 1 is 1.21 bits per heavy atom. The van der Waals surface area contributed by atoms with Crippen LogP contribution in [-0.4, -0.2) is 42.9 Å². The molecule has 0 aliphatic heterocycles. The molecule has 0 unspecified atom stereocenters. The topological polar surface area (TPSA) is 76.7 Å². The summed E-state index contributed by atoms with van der Waals surface area (Å²) in [5.74, 6) is -0.274. The Kier molecular flexibility index (Phi) is 5.17. The number of ether oxygens (including phenoxy) is 2. The first-order chi connectivity index (χ1) is 8.71.